The first-order valence-electron chi connectivity index (χ1n) is 6.50. The molecular weight excluding hydrogens is 252 g/mol. The topological polar surface area (TPSA) is 39.2 Å². The van der Waals surface area contributed by atoms with E-state index in [4.69, 9.17) is 9.47 Å². The van der Waals surface area contributed by atoms with Crippen LogP contribution in [-0.2, 0) is 7.05 Å². The lowest BCUT2D eigenvalue weighted by Gasteiger charge is -2.08. The average molecular weight is 270 g/mol. The molecule has 0 aliphatic carbocycles. The fourth-order valence-electron chi connectivity index (χ4n) is 2.58. The number of ether oxygens (including phenoxy) is 2. The van der Waals surface area contributed by atoms with Crippen molar-refractivity contribution >= 4 is 10.9 Å². The molecule has 0 atom stereocenters. The highest BCUT2D eigenvalue weighted by molar-refractivity contribution is 5.97. The molecule has 1 aromatic carbocycles. The van der Waals surface area contributed by atoms with E-state index in [1.165, 1.54) is 5.56 Å². The Morgan fingerprint density at radius 3 is 2.35 bits per heavy atom. The van der Waals surface area contributed by atoms with E-state index in [1.54, 1.807) is 14.2 Å². The van der Waals surface area contributed by atoms with Crippen molar-refractivity contribution in [3.63, 3.8) is 0 Å². The van der Waals surface area contributed by atoms with Crippen molar-refractivity contribution in [1.82, 2.24) is 9.55 Å². The van der Waals surface area contributed by atoms with Gasteiger partial charge in [-0.05, 0) is 24.6 Å². The SMILES string of the molecule is COc1cc2c(-c3cc(C)c[nH]3)cn(C)c2cc1OC. The molecule has 0 aliphatic heterocycles. The van der Waals surface area contributed by atoms with Crippen molar-refractivity contribution in [1.29, 1.82) is 0 Å². The molecule has 4 nitrogen and oxygen atoms in total. The zero-order chi connectivity index (χ0) is 14.3. The third-order valence-corrected chi connectivity index (χ3v) is 3.61. The van der Waals surface area contributed by atoms with Crippen LogP contribution >= 0.6 is 0 Å². The number of nitrogens with one attached hydrogen (secondary N) is 1. The molecule has 0 bridgehead atoms. The van der Waals surface area contributed by atoms with Crippen molar-refractivity contribution in [3.05, 3.63) is 36.2 Å². The number of aryl methyl sites for hydroxylation is 2. The van der Waals surface area contributed by atoms with E-state index in [1.807, 2.05) is 25.4 Å². The summed E-state index contributed by atoms with van der Waals surface area (Å²) in [5, 5.41) is 1.15. The van der Waals surface area contributed by atoms with E-state index >= 15 is 0 Å². The molecule has 3 rings (SSSR count). The number of rotatable bonds is 3. The number of aromatic amines is 1. The second kappa shape index (κ2) is 4.63. The van der Waals surface area contributed by atoms with Gasteiger partial charge in [0.1, 0.15) is 0 Å². The number of methoxy groups -OCH3 is 2. The van der Waals surface area contributed by atoms with E-state index in [0.717, 1.165) is 33.7 Å². The molecule has 0 amide bonds. The van der Waals surface area contributed by atoms with E-state index < -0.39 is 0 Å². The molecule has 0 spiro atoms. The van der Waals surface area contributed by atoms with E-state index in [2.05, 4.69) is 28.7 Å². The normalized spacial score (nSPS) is 11.0. The first-order valence-corrected chi connectivity index (χ1v) is 6.50. The summed E-state index contributed by atoms with van der Waals surface area (Å²) in [4.78, 5) is 3.31. The molecule has 0 radical (unpaired) electrons. The highest BCUT2D eigenvalue weighted by Crippen LogP contribution is 2.37. The molecule has 0 saturated heterocycles. The van der Waals surface area contributed by atoms with Crippen LogP contribution in [0.5, 0.6) is 11.5 Å². The van der Waals surface area contributed by atoms with Gasteiger partial charge >= 0.3 is 0 Å². The van der Waals surface area contributed by atoms with Gasteiger partial charge in [-0.15, -0.1) is 0 Å². The summed E-state index contributed by atoms with van der Waals surface area (Å²) in [6, 6.07) is 6.18. The van der Waals surface area contributed by atoms with Crippen molar-refractivity contribution in [2.75, 3.05) is 14.2 Å². The third kappa shape index (κ3) is 1.84. The molecule has 20 heavy (non-hydrogen) atoms. The molecule has 0 fully saturated rings. The Morgan fingerprint density at radius 1 is 1.05 bits per heavy atom. The molecule has 2 heterocycles. The summed E-state index contributed by atoms with van der Waals surface area (Å²) in [6.45, 7) is 2.08. The van der Waals surface area contributed by atoms with Gasteiger partial charge < -0.3 is 19.0 Å². The Morgan fingerprint density at radius 2 is 1.75 bits per heavy atom. The molecule has 104 valence electrons. The molecule has 3 aromatic rings. The summed E-state index contributed by atoms with van der Waals surface area (Å²) < 4.78 is 12.9. The molecule has 4 heteroatoms. The van der Waals surface area contributed by atoms with Crippen LogP contribution in [0, 0.1) is 6.92 Å². The Balaban J connectivity index is 2.29. The zero-order valence-electron chi connectivity index (χ0n) is 12.2. The standard InChI is InChI=1S/C16H18N2O2/c1-10-5-13(17-8-10)12-9-18(2)14-7-16(20-4)15(19-3)6-11(12)14/h5-9,17H,1-4H3. The summed E-state index contributed by atoms with van der Waals surface area (Å²) in [6.07, 6.45) is 4.13. The second-order valence-corrected chi connectivity index (χ2v) is 4.97. The molecule has 0 saturated carbocycles. The smallest absolute Gasteiger partial charge is 0.162 e. The van der Waals surface area contributed by atoms with Crippen LogP contribution in [0.2, 0.25) is 0 Å². The van der Waals surface area contributed by atoms with Gasteiger partial charge in [0, 0.05) is 42.2 Å². The number of fused-ring (bicyclic) bond motifs is 1. The molecule has 0 unspecified atom stereocenters. The van der Waals surface area contributed by atoms with E-state index in [0.29, 0.717) is 0 Å². The van der Waals surface area contributed by atoms with Crippen molar-refractivity contribution in [2.24, 2.45) is 7.05 Å². The van der Waals surface area contributed by atoms with Crippen LogP contribution < -0.4 is 9.47 Å². The van der Waals surface area contributed by atoms with Crippen LogP contribution in [-0.4, -0.2) is 23.8 Å². The highest BCUT2D eigenvalue weighted by Gasteiger charge is 2.14. The maximum Gasteiger partial charge on any atom is 0.162 e. The lowest BCUT2D eigenvalue weighted by atomic mass is 10.1. The number of H-pyrrole nitrogens is 1. The first kappa shape index (κ1) is 12.7. The maximum atomic E-state index is 5.41. The number of nitrogens with zero attached hydrogens (tertiary/aromatic N) is 1. The summed E-state index contributed by atoms with van der Waals surface area (Å²) in [5.41, 5.74) is 4.61. The zero-order valence-corrected chi connectivity index (χ0v) is 12.2. The minimum atomic E-state index is 0.746. The number of hydrogen-bond acceptors (Lipinski definition) is 2. The molecule has 1 N–H and O–H groups in total. The van der Waals surface area contributed by atoms with Gasteiger partial charge in [-0.3, -0.25) is 0 Å². The van der Waals surface area contributed by atoms with Gasteiger partial charge in [0.15, 0.2) is 11.5 Å². The van der Waals surface area contributed by atoms with Gasteiger partial charge in [0.25, 0.3) is 0 Å². The van der Waals surface area contributed by atoms with E-state index in [9.17, 15) is 0 Å². The molecular formula is C16H18N2O2. The Bertz CT molecular complexity index is 768. The Labute approximate surface area is 117 Å². The summed E-state index contributed by atoms with van der Waals surface area (Å²) in [7, 11) is 5.35. The van der Waals surface area contributed by atoms with Gasteiger partial charge in [-0.1, -0.05) is 0 Å². The summed E-state index contributed by atoms with van der Waals surface area (Å²) in [5.74, 6) is 1.49. The first-order chi connectivity index (χ1) is 9.63. The third-order valence-electron chi connectivity index (χ3n) is 3.61. The Kier molecular flexibility index (Phi) is 2.93. The van der Waals surface area contributed by atoms with E-state index in [-0.39, 0.29) is 0 Å². The minimum absolute atomic E-state index is 0.746. The van der Waals surface area contributed by atoms with Crippen LogP contribution in [0.1, 0.15) is 5.56 Å². The van der Waals surface area contributed by atoms with Crippen LogP contribution in [0.3, 0.4) is 0 Å². The predicted octanol–water partition coefficient (Wildman–Crippen LogP) is 3.50. The Hall–Kier alpha value is -2.36. The molecule has 0 aliphatic rings. The summed E-state index contributed by atoms with van der Waals surface area (Å²) >= 11 is 0. The quantitative estimate of drug-likeness (QED) is 0.791. The highest BCUT2D eigenvalue weighted by atomic mass is 16.5. The molecule has 2 aromatic heterocycles. The van der Waals surface area contributed by atoms with Gasteiger partial charge in [-0.25, -0.2) is 0 Å². The lowest BCUT2D eigenvalue weighted by molar-refractivity contribution is 0.355. The van der Waals surface area contributed by atoms with Gasteiger partial charge in [0.05, 0.1) is 19.7 Å². The fourth-order valence-corrected chi connectivity index (χ4v) is 2.58. The predicted molar refractivity (Wildman–Crippen MR) is 80.5 cm³/mol. The van der Waals surface area contributed by atoms with Crippen molar-refractivity contribution in [2.45, 2.75) is 6.92 Å². The van der Waals surface area contributed by atoms with Gasteiger partial charge in [-0.2, -0.15) is 0 Å². The number of aromatic nitrogens is 2. The monoisotopic (exact) mass is 270 g/mol. The fraction of sp³-hybridized carbons (Fsp3) is 0.250. The van der Waals surface area contributed by atoms with Crippen LogP contribution in [0.4, 0.5) is 0 Å². The second-order valence-electron chi connectivity index (χ2n) is 4.97. The maximum absolute atomic E-state index is 5.41. The minimum Gasteiger partial charge on any atom is -0.493 e. The van der Waals surface area contributed by atoms with Crippen LogP contribution in [0.15, 0.2) is 30.6 Å². The number of hydrogen-bond donors (Lipinski definition) is 1. The van der Waals surface area contributed by atoms with Crippen molar-refractivity contribution < 1.29 is 9.47 Å². The van der Waals surface area contributed by atoms with Gasteiger partial charge in [0.2, 0.25) is 0 Å². The van der Waals surface area contributed by atoms with Crippen molar-refractivity contribution in [3.8, 4) is 22.8 Å². The largest absolute Gasteiger partial charge is 0.493 e. The lowest BCUT2D eigenvalue weighted by Crippen LogP contribution is -1.91. The number of benzene rings is 1. The average Bonchev–Trinajstić information content (AvgIpc) is 3.01. The van der Waals surface area contributed by atoms with Crippen LogP contribution in [0.25, 0.3) is 22.2 Å².